The molecule has 2 rings (SSSR count). The van der Waals surface area contributed by atoms with Gasteiger partial charge in [-0.2, -0.15) is 0 Å². The predicted octanol–water partition coefficient (Wildman–Crippen LogP) is 2.14. The fraction of sp³-hybridized carbons (Fsp3) is 0.571. The second kappa shape index (κ2) is 6.15. The molecule has 0 amide bonds. The van der Waals surface area contributed by atoms with Gasteiger partial charge in [-0.05, 0) is 18.9 Å². The van der Waals surface area contributed by atoms with Crippen LogP contribution in [-0.2, 0) is 9.47 Å². The van der Waals surface area contributed by atoms with Crippen molar-refractivity contribution in [1.29, 1.82) is 0 Å². The Balaban J connectivity index is 2.02. The van der Waals surface area contributed by atoms with Gasteiger partial charge in [-0.15, -0.1) is 0 Å². The van der Waals surface area contributed by atoms with Crippen molar-refractivity contribution in [3.63, 3.8) is 0 Å². The molecule has 1 heterocycles. The highest BCUT2D eigenvalue weighted by Gasteiger charge is 2.26. The zero-order chi connectivity index (χ0) is 12.1. The highest BCUT2D eigenvalue weighted by atomic mass is 16.5. The molecule has 1 aliphatic heterocycles. The zero-order valence-electron chi connectivity index (χ0n) is 10.6. The van der Waals surface area contributed by atoms with Crippen molar-refractivity contribution in [3.05, 3.63) is 35.9 Å². The first-order valence-electron chi connectivity index (χ1n) is 6.23. The quantitative estimate of drug-likeness (QED) is 0.848. The van der Waals surface area contributed by atoms with Gasteiger partial charge in [0.25, 0.3) is 0 Å². The molecule has 1 aromatic rings. The molecule has 0 bridgehead atoms. The molecule has 1 fully saturated rings. The van der Waals surface area contributed by atoms with Crippen LogP contribution in [0.25, 0.3) is 0 Å². The molecule has 3 unspecified atom stereocenters. The number of rotatable bonds is 5. The second-order valence-corrected chi connectivity index (χ2v) is 4.56. The number of methoxy groups -OCH3 is 1. The molecule has 94 valence electrons. The Bertz CT molecular complexity index is 328. The first kappa shape index (κ1) is 12.6. The lowest BCUT2D eigenvalue weighted by Gasteiger charge is -2.24. The van der Waals surface area contributed by atoms with Gasteiger partial charge in [0.15, 0.2) is 0 Å². The highest BCUT2D eigenvalue weighted by Crippen LogP contribution is 2.19. The minimum atomic E-state index is 0.246. The molecule has 1 saturated heterocycles. The standard InChI is InChI=1S/C14H21NO2/c1-11-13(8-9-17-11)15-14(10-16-2)12-6-4-3-5-7-12/h3-7,11,13-15H,8-10H2,1-2H3. The van der Waals surface area contributed by atoms with Crippen molar-refractivity contribution in [2.24, 2.45) is 0 Å². The van der Waals surface area contributed by atoms with Crippen LogP contribution in [0.3, 0.4) is 0 Å². The van der Waals surface area contributed by atoms with E-state index in [2.05, 4.69) is 36.5 Å². The summed E-state index contributed by atoms with van der Waals surface area (Å²) in [7, 11) is 1.74. The normalized spacial score (nSPS) is 26.0. The van der Waals surface area contributed by atoms with Crippen LogP contribution < -0.4 is 5.32 Å². The Morgan fingerprint density at radius 1 is 1.41 bits per heavy atom. The minimum absolute atomic E-state index is 0.246. The molecule has 0 radical (unpaired) electrons. The van der Waals surface area contributed by atoms with Gasteiger partial charge in [0.1, 0.15) is 0 Å². The molecule has 3 heteroatoms. The summed E-state index contributed by atoms with van der Waals surface area (Å²) >= 11 is 0. The summed E-state index contributed by atoms with van der Waals surface area (Å²) in [4.78, 5) is 0. The number of hydrogen-bond donors (Lipinski definition) is 1. The summed E-state index contributed by atoms with van der Waals surface area (Å²) < 4.78 is 10.9. The molecule has 3 atom stereocenters. The van der Waals surface area contributed by atoms with Crippen molar-refractivity contribution in [3.8, 4) is 0 Å². The summed E-state index contributed by atoms with van der Waals surface area (Å²) in [5, 5.41) is 3.63. The van der Waals surface area contributed by atoms with Crippen LogP contribution in [-0.4, -0.2) is 32.5 Å². The van der Waals surface area contributed by atoms with Gasteiger partial charge >= 0.3 is 0 Å². The molecule has 0 aromatic heterocycles. The maximum Gasteiger partial charge on any atom is 0.0700 e. The largest absolute Gasteiger partial charge is 0.383 e. The lowest BCUT2D eigenvalue weighted by atomic mass is 10.0. The molecule has 1 aromatic carbocycles. The van der Waals surface area contributed by atoms with E-state index in [1.807, 2.05) is 6.07 Å². The third kappa shape index (κ3) is 3.28. The summed E-state index contributed by atoms with van der Waals surface area (Å²) in [5.41, 5.74) is 1.27. The lowest BCUT2D eigenvalue weighted by Crippen LogP contribution is -2.39. The van der Waals surface area contributed by atoms with Crippen molar-refractivity contribution in [2.75, 3.05) is 20.3 Å². The van der Waals surface area contributed by atoms with Crippen molar-refractivity contribution < 1.29 is 9.47 Å². The average Bonchev–Trinajstić information content (AvgIpc) is 2.76. The van der Waals surface area contributed by atoms with Gasteiger partial charge in [-0.1, -0.05) is 30.3 Å². The van der Waals surface area contributed by atoms with Crippen LogP contribution >= 0.6 is 0 Å². The van der Waals surface area contributed by atoms with Gasteiger partial charge in [0.05, 0.1) is 18.8 Å². The molecule has 1 N–H and O–H groups in total. The first-order valence-corrected chi connectivity index (χ1v) is 6.23. The van der Waals surface area contributed by atoms with Crippen LogP contribution in [0.5, 0.6) is 0 Å². The third-order valence-electron chi connectivity index (χ3n) is 3.33. The Hall–Kier alpha value is -0.900. The van der Waals surface area contributed by atoms with E-state index in [0.717, 1.165) is 13.0 Å². The van der Waals surface area contributed by atoms with E-state index >= 15 is 0 Å². The van der Waals surface area contributed by atoms with Gasteiger partial charge in [-0.25, -0.2) is 0 Å². The topological polar surface area (TPSA) is 30.5 Å². The molecular formula is C14H21NO2. The van der Waals surface area contributed by atoms with Crippen molar-refractivity contribution in [1.82, 2.24) is 5.32 Å². The van der Waals surface area contributed by atoms with E-state index in [4.69, 9.17) is 9.47 Å². The Kier molecular flexibility index (Phi) is 4.54. The SMILES string of the molecule is COCC(NC1CCOC1C)c1ccccc1. The maximum absolute atomic E-state index is 5.58. The molecular weight excluding hydrogens is 214 g/mol. The van der Waals surface area contributed by atoms with Crippen LogP contribution in [0.15, 0.2) is 30.3 Å². The summed E-state index contributed by atoms with van der Waals surface area (Å²) in [6, 6.07) is 11.1. The Morgan fingerprint density at radius 3 is 2.76 bits per heavy atom. The molecule has 0 spiro atoms. The van der Waals surface area contributed by atoms with Crippen LogP contribution in [0.1, 0.15) is 24.9 Å². The monoisotopic (exact) mass is 235 g/mol. The fourth-order valence-corrected chi connectivity index (χ4v) is 2.30. The molecule has 3 nitrogen and oxygen atoms in total. The van der Waals surface area contributed by atoms with E-state index in [9.17, 15) is 0 Å². The average molecular weight is 235 g/mol. The summed E-state index contributed by atoms with van der Waals surface area (Å²) in [6.45, 7) is 3.67. The smallest absolute Gasteiger partial charge is 0.0700 e. The number of benzene rings is 1. The lowest BCUT2D eigenvalue weighted by molar-refractivity contribution is 0.103. The molecule has 0 saturated carbocycles. The van der Waals surface area contributed by atoms with Crippen LogP contribution in [0, 0.1) is 0 Å². The van der Waals surface area contributed by atoms with Gasteiger partial charge < -0.3 is 14.8 Å². The van der Waals surface area contributed by atoms with Crippen molar-refractivity contribution >= 4 is 0 Å². The van der Waals surface area contributed by atoms with Gasteiger partial charge in [0.2, 0.25) is 0 Å². The van der Waals surface area contributed by atoms with Crippen molar-refractivity contribution in [2.45, 2.75) is 31.5 Å². The molecule has 1 aliphatic rings. The second-order valence-electron chi connectivity index (χ2n) is 4.56. The number of nitrogens with one attached hydrogen (secondary N) is 1. The Morgan fingerprint density at radius 2 is 2.18 bits per heavy atom. The van der Waals surface area contributed by atoms with Crippen LogP contribution in [0.4, 0.5) is 0 Å². The minimum Gasteiger partial charge on any atom is -0.383 e. The number of hydrogen-bond acceptors (Lipinski definition) is 3. The molecule has 0 aliphatic carbocycles. The Labute approximate surface area is 103 Å². The van der Waals surface area contributed by atoms with E-state index < -0.39 is 0 Å². The highest BCUT2D eigenvalue weighted by molar-refractivity contribution is 5.19. The van der Waals surface area contributed by atoms with E-state index in [1.54, 1.807) is 7.11 Å². The molecule has 17 heavy (non-hydrogen) atoms. The summed E-state index contributed by atoms with van der Waals surface area (Å²) in [5.74, 6) is 0. The van der Waals surface area contributed by atoms with E-state index in [-0.39, 0.29) is 12.1 Å². The maximum atomic E-state index is 5.58. The van der Waals surface area contributed by atoms with E-state index in [0.29, 0.717) is 12.6 Å². The van der Waals surface area contributed by atoms with Gasteiger partial charge in [-0.3, -0.25) is 0 Å². The fourth-order valence-electron chi connectivity index (χ4n) is 2.30. The predicted molar refractivity (Wildman–Crippen MR) is 68.0 cm³/mol. The first-order chi connectivity index (χ1) is 8.31. The summed E-state index contributed by atoms with van der Waals surface area (Å²) in [6.07, 6.45) is 1.37. The van der Waals surface area contributed by atoms with E-state index in [1.165, 1.54) is 5.56 Å². The number of ether oxygens (including phenoxy) is 2. The third-order valence-corrected chi connectivity index (χ3v) is 3.33. The van der Waals surface area contributed by atoms with Gasteiger partial charge in [0, 0.05) is 19.8 Å². The zero-order valence-corrected chi connectivity index (χ0v) is 10.6. The van der Waals surface area contributed by atoms with Crippen LogP contribution in [0.2, 0.25) is 0 Å².